The molecule has 1 saturated heterocycles. The van der Waals surface area contributed by atoms with E-state index < -0.39 is 0 Å². The predicted octanol–water partition coefficient (Wildman–Crippen LogP) is 5.49. The lowest BCUT2D eigenvalue weighted by atomic mass is 9.98. The number of rotatable bonds is 4. The average molecular weight is 417 g/mol. The molecule has 1 aliphatic heterocycles. The maximum Gasteiger partial charge on any atom is 0.188 e. The van der Waals surface area contributed by atoms with Crippen molar-refractivity contribution in [1.82, 2.24) is 10.2 Å². The molecule has 7 heteroatoms. The fraction of sp³-hybridized carbons (Fsp3) is 0.304. The van der Waals surface area contributed by atoms with Crippen molar-refractivity contribution in [2.45, 2.75) is 26.3 Å². The Kier molecular flexibility index (Phi) is 5.70. The third-order valence-corrected chi connectivity index (χ3v) is 5.95. The van der Waals surface area contributed by atoms with Gasteiger partial charge in [0, 0.05) is 41.3 Å². The Labute approximate surface area is 180 Å². The Morgan fingerprint density at radius 1 is 1.20 bits per heavy atom. The summed E-state index contributed by atoms with van der Waals surface area (Å²) in [5.41, 5.74) is 2.65. The lowest BCUT2D eigenvalue weighted by Gasteiger charge is -2.30. The molecule has 2 aromatic carbocycles. The Balaban J connectivity index is 1.66. The molecule has 2 heterocycles. The summed E-state index contributed by atoms with van der Waals surface area (Å²) in [7, 11) is 0. The smallest absolute Gasteiger partial charge is 0.188 e. The summed E-state index contributed by atoms with van der Waals surface area (Å²) < 4.78 is 0. The largest absolute Gasteiger partial charge is 0.364 e. The molecule has 1 fully saturated rings. The van der Waals surface area contributed by atoms with E-state index in [9.17, 15) is 0 Å². The van der Waals surface area contributed by atoms with E-state index in [0.29, 0.717) is 18.1 Å². The first-order chi connectivity index (χ1) is 14.6. The molecule has 150 valence electrons. The Hall–Kier alpha value is -3.35. The fourth-order valence-corrected chi connectivity index (χ4v) is 3.92. The SMILES string of the molecule is [C-]#[N+]c1ccc2c(N3CCC(C#N)CC3)nnc(NCc3ccc(C)c(Cl)c3)c2c1. The van der Waals surface area contributed by atoms with Crippen molar-refractivity contribution in [1.29, 1.82) is 5.26 Å². The van der Waals surface area contributed by atoms with E-state index in [1.54, 1.807) is 0 Å². The molecule has 4 rings (SSSR count). The summed E-state index contributed by atoms with van der Waals surface area (Å²) in [6.45, 7) is 11.5. The molecular formula is C23H21ClN6. The zero-order chi connectivity index (χ0) is 21.1. The molecule has 1 N–H and O–H groups in total. The standard InChI is InChI=1S/C23H21ClN6/c1-15-3-4-17(11-21(15)24)14-27-22-20-12-18(26-2)5-6-19(20)23(29-28-22)30-9-7-16(13-25)8-10-30/h3-6,11-12,16H,7-10,14H2,1H3,(H,27,28). The van der Waals surface area contributed by atoms with Gasteiger partial charge in [0.05, 0.1) is 12.6 Å². The second-order valence-corrected chi connectivity index (χ2v) is 7.95. The van der Waals surface area contributed by atoms with Crippen molar-refractivity contribution in [3.63, 3.8) is 0 Å². The van der Waals surface area contributed by atoms with Crippen LogP contribution in [0.3, 0.4) is 0 Å². The summed E-state index contributed by atoms with van der Waals surface area (Å²) in [4.78, 5) is 5.76. The number of nitriles is 1. The van der Waals surface area contributed by atoms with E-state index in [1.165, 1.54) is 0 Å². The van der Waals surface area contributed by atoms with E-state index in [2.05, 4.69) is 31.3 Å². The van der Waals surface area contributed by atoms with Crippen LogP contribution in [0.2, 0.25) is 5.02 Å². The molecule has 1 aliphatic rings. The van der Waals surface area contributed by atoms with Crippen molar-refractivity contribution < 1.29 is 0 Å². The van der Waals surface area contributed by atoms with Gasteiger partial charge in [0.2, 0.25) is 0 Å². The molecule has 0 saturated carbocycles. The molecule has 6 nitrogen and oxygen atoms in total. The Bertz CT molecular complexity index is 1170. The van der Waals surface area contributed by atoms with Crippen LogP contribution in [0.4, 0.5) is 17.3 Å². The number of halogens is 1. The minimum atomic E-state index is 0.108. The topological polar surface area (TPSA) is 69.2 Å². The van der Waals surface area contributed by atoms with Crippen LogP contribution in [0.1, 0.15) is 24.0 Å². The number of nitrogens with zero attached hydrogens (tertiary/aromatic N) is 5. The Morgan fingerprint density at radius 3 is 2.70 bits per heavy atom. The molecule has 1 aromatic heterocycles. The molecule has 0 aliphatic carbocycles. The molecule has 0 bridgehead atoms. The van der Waals surface area contributed by atoms with Crippen LogP contribution in [-0.2, 0) is 6.54 Å². The van der Waals surface area contributed by atoms with Crippen LogP contribution in [0.25, 0.3) is 15.6 Å². The monoisotopic (exact) mass is 416 g/mol. The molecule has 0 spiro atoms. The van der Waals surface area contributed by atoms with Gasteiger partial charge < -0.3 is 10.2 Å². The summed E-state index contributed by atoms with van der Waals surface area (Å²) in [6.07, 6.45) is 1.65. The van der Waals surface area contributed by atoms with Crippen molar-refractivity contribution in [2.75, 3.05) is 23.3 Å². The van der Waals surface area contributed by atoms with Crippen molar-refractivity contribution >= 4 is 39.7 Å². The third-order valence-electron chi connectivity index (χ3n) is 5.55. The van der Waals surface area contributed by atoms with Crippen molar-refractivity contribution in [2.24, 2.45) is 5.92 Å². The zero-order valence-electron chi connectivity index (χ0n) is 16.7. The average Bonchev–Trinajstić information content (AvgIpc) is 2.79. The lowest BCUT2D eigenvalue weighted by Crippen LogP contribution is -2.34. The molecule has 0 amide bonds. The predicted molar refractivity (Wildman–Crippen MR) is 120 cm³/mol. The number of nitrogens with one attached hydrogen (secondary N) is 1. The van der Waals surface area contributed by atoms with Crippen LogP contribution in [0, 0.1) is 30.7 Å². The first-order valence-electron chi connectivity index (χ1n) is 9.90. The van der Waals surface area contributed by atoms with Crippen LogP contribution in [-0.4, -0.2) is 23.3 Å². The number of piperidine rings is 1. The second kappa shape index (κ2) is 8.57. The quantitative estimate of drug-likeness (QED) is 0.569. The molecule has 0 unspecified atom stereocenters. The molecule has 0 atom stereocenters. The van der Waals surface area contributed by atoms with Gasteiger partial charge in [-0.05, 0) is 43.0 Å². The first kappa shape index (κ1) is 19.9. The number of hydrogen-bond acceptors (Lipinski definition) is 5. The number of hydrogen-bond donors (Lipinski definition) is 1. The van der Waals surface area contributed by atoms with Gasteiger partial charge in [-0.2, -0.15) is 5.26 Å². The van der Waals surface area contributed by atoms with Gasteiger partial charge in [0.25, 0.3) is 0 Å². The summed E-state index contributed by atoms with van der Waals surface area (Å²) in [5, 5.41) is 24.0. The maximum atomic E-state index is 9.16. The second-order valence-electron chi connectivity index (χ2n) is 7.54. The van der Waals surface area contributed by atoms with E-state index in [1.807, 2.05) is 43.3 Å². The van der Waals surface area contributed by atoms with Crippen LogP contribution in [0.15, 0.2) is 36.4 Å². The first-order valence-corrected chi connectivity index (χ1v) is 10.3. The number of aryl methyl sites for hydroxylation is 1. The number of aromatic nitrogens is 2. The highest BCUT2D eigenvalue weighted by Crippen LogP contribution is 2.33. The van der Waals surface area contributed by atoms with Crippen molar-refractivity contribution in [3.05, 3.63) is 64.0 Å². The van der Waals surface area contributed by atoms with Crippen molar-refractivity contribution in [3.8, 4) is 6.07 Å². The van der Waals surface area contributed by atoms with Gasteiger partial charge >= 0.3 is 0 Å². The van der Waals surface area contributed by atoms with Gasteiger partial charge in [0.15, 0.2) is 17.3 Å². The van der Waals surface area contributed by atoms with Gasteiger partial charge in [-0.25, -0.2) is 4.85 Å². The highest BCUT2D eigenvalue weighted by Gasteiger charge is 2.22. The summed E-state index contributed by atoms with van der Waals surface area (Å²) >= 11 is 6.24. The normalized spacial score (nSPS) is 14.3. The molecular weight excluding hydrogens is 396 g/mol. The summed E-state index contributed by atoms with van der Waals surface area (Å²) in [6, 6.07) is 13.9. The molecule has 30 heavy (non-hydrogen) atoms. The fourth-order valence-electron chi connectivity index (χ4n) is 3.71. The minimum Gasteiger partial charge on any atom is -0.364 e. The minimum absolute atomic E-state index is 0.108. The number of benzene rings is 2. The summed E-state index contributed by atoms with van der Waals surface area (Å²) in [5.74, 6) is 1.56. The number of fused-ring (bicyclic) bond motifs is 1. The van der Waals surface area contributed by atoms with Crippen LogP contribution in [0.5, 0.6) is 0 Å². The maximum absolute atomic E-state index is 9.16. The van der Waals surface area contributed by atoms with E-state index in [0.717, 1.165) is 58.7 Å². The third kappa shape index (κ3) is 4.01. The van der Waals surface area contributed by atoms with E-state index in [-0.39, 0.29) is 5.92 Å². The zero-order valence-corrected chi connectivity index (χ0v) is 17.4. The highest BCUT2D eigenvalue weighted by molar-refractivity contribution is 6.31. The van der Waals surface area contributed by atoms with E-state index in [4.69, 9.17) is 23.4 Å². The van der Waals surface area contributed by atoms with Crippen LogP contribution >= 0.6 is 11.6 Å². The van der Waals surface area contributed by atoms with E-state index >= 15 is 0 Å². The Morgan fingerprint density at radius 2 is 2.00 bits per heavy atom. The van der Waals surface area contributed by atoms with Gasteiger partial charge in [0.1, 0.15) is 0 Å². The van der Waals surface area contributed by atoms with Crippen LogP contribution < -0.4 is 10.2 Å². The molecule has 3 aromatic rings. The van der Waals surface area contributed by atoms with Gasteiger partial charge in [-0.15, -0.1) is 10.2 Å². The molecule has 0 radical (unpaired) electrons. The van der Waals surface area contributed by atoms with Gasteiger partial charge in [-0.3, -0.25) is 0 Å². The highest BCUT2D eigenvalue weighted by atomic mass is 35.5. The number of anilines is 2. The van der Waals surface area contributed by atoms with Gasteiger partial charge in [-0.1, -0.05) is 35.9 Å². The lowest BCUT2D eigenvalue weighted by molar-refractivity contribution is 0.485.